The number of hydrogen-bond acceptors (Lipinski definition) is 1. The largest absolute Gasteiger partial charge is 0.355 e. The van der Waals surface area contributed by atoms with Gasteiger partial charge in [0, 0.05) is 14.1 Å². The summed E-state index contributed by atoms with van der Waals surface area (Å²) >= 11 is 0. The van der Waals surface area contributed by atoms with Gasteiger partial charge in [-0.15, -0.1) is 0 Å². The van der Waals surface area contributed by atoms with Crippen LogP contribution in [-0.4, -0.2) is 19.0 Å². The van der Waals surface area contributed by atoms with Crippen LogP contribution in [-0.2, 0) is 0 Å². The third kappa shape index (κ3) is 1.96. The van der Waals surface area contributed by atoms with Crippen molar-refractivity contribution in [2.24, 2.45) is 0 Å². The average Bonchev–Trinajstić information content (AvgIpc) is 1.64. The van der Waals surface area contributed by atoms with Gasteiger partial charge < -0.3 is 4.90 Å². The molecule has 0 aliphatic rings. The van der Waals surface area contributed by atoms with Crippen molar-refractivity contribution in [3.63, 3.8) is 0 Å². The maximum absolute atomic E-state index is 12.5. The molecule has 0 amide bonds. The second-order valence-corrected chi connectivity index (χ2v) is 2.19. The predicted molar refractivity (Wildman–Crippen MR) is 33.2 cm³/mol. The molecule has 0 aliphatic heterocycles. The fourth-order valence-corrected chi connectivity index (χ4v) is 0.447. The van der Waals surface area contributed by atoms with Crippen LogP contribution in [0.4, 0.5) is 4.39 Å². The van der Waals surface area contributed by atoms with E-state index in [4.69, 9.17) is 0 Å². The first-order valence-corrected chi connectivity index (χ1v) is 2.56. The van der Waals surface area contributed by atoms with Crippen LogP contribution < -0.4 is 0 Å². The summed E-state index contributed by atoms with van der Waals surface area (Å²) in [5.74, 6) is -0.148. The second-order valence-electron chi connectivity index (χ2n) is 2.19. The molecular weight excluding hydrogens is 105 g/mol. The Balaban J connectivity index is 4.00. The molecule has 0 rings (SSSR count). The van der Waals surface area contributed by atoms with Gasteiger partial charge in [0.1, 0.15) is 0 Å². The van der Waals surface area contributed by atoms with Gasteiger partial charge in [-0.3, -0.25) is 0 Å². The van der Waals surface area contributed by atoms with Crippen LogP contribution in [0.1, 0.15) is 13.8 Å². The van der Waals surface area contributed by atoms with Gasteiger partial charge in [-0.25, -0.2) is 0 Å². The molecule has 0 N–H and O–H groups in total. The van der Waals surface area contributed by atoms with Gasteiger partial charge in [-0.05, 0) is 19.4 Å². The van der Waals surface area contributed by atoms with Gasteiger partial charge in [0.15, 0.2) is 5.95 Å². The fourth-order valence-electron chi connectivity index (χ4n) is 0.447. The zero-order valence-electron chi connectivity index (χ0n) is 5.83. The normalized spacial score (nSPS) is 8.62. The van der Waals surface area contributed by atoms with Crippen molar-refractivity contribution in [1.29, 1.82) is 0 Å². The van der Waals surface area contributed by atoms with Crippen LogP contribution in [0.3, 0.4) is 0 Å². The molecular formula is C6H12FN. The number of nitrogens with zero attached hydrogens (tertiary/aromatic N) is 1. The smallest absolute Gasteiger partial charge is 0.187 e. The topological polar surface area (TPSA) is 3.24 Å². The molecule has 0 heterocycles. The fraction of sp³-hybridized carbons (Fsp3) is 0.667. The molecule has 0 atom stereocenters. The van der Waals surface area contributed by atoms with E-state index in [1.807, 2.05) is 0 Å². The molecule has 0 unspecified atom stereocenters. The Hall–Kier alpha value is -0.530. The van der Waals surface area contributed by atoms with Crippen molar-refractivity contribution < 1.29 is 4.39 Å². The number of allylic oxidation sites excluding steroid dienone is 1. The van der Waals surface area contributed by atoms with E-state index in [0.717, 1.165) is 5.57 Å². The number of rotatable bonds is 1. The number of halogens is 1. The van der Waals surface area contributed by atoms with Crippen molar-refractivity contribution in [2.45, 2.75) is 13.8 Å². The van der Waals surface area contributed by atoms with E-state index in [-0.39, 0.29) is 5.95 Å². The predicted octanol–water partition coefficient (Wildman–Crippen LogP) is 1.77. The molecule has 0 aromatic carbocycles. The van der Waals surface area contributed by atoms with E-state index in [9.17, 15) is 4.39 Å². The molecule has 0 aromatic heterocycles. The van der Waals surface area contributed by atoms with E-state index >= 15 is 0 Å². The minimum absolute atomic E-state index is 0.148. The first-order chi connectivity index (χ1) is 3.55. The maximum Gasteiger partial charge on any atom is 0.187 e. The molecule has 0 aliphatic carbocycles. The lowest BCUT2D eigenvalue weighted by atomic mass is 10.4. The van der Waals surface area contributed by atoms with Gasteiger partial charge in [0.05, 0.1) is 0 Å². The standard InChI is InChI=1S/C6H12FN/c1-5(2)6(7)8(3)4/h1-4H3. The van der Waals surface area contributed by atoms with Crippen molar-refractivity contribution in [3.8, 4) is 0 Å². The lowest BCUT2D eigenvalue weighted by molar-refractivity contribution is 0.367. The summed E-state index contributed by atoms with van der Waals surface area (Å²) in [6, 6.07) is 0. The molecule has 0 bridgehead atoms. The summed E-state index contributed by atoms with van der Waals surface area (Å²) in [5, 5.41) is 0. The molecule has 48 valence electrons. The highest BCUT2D eigenvalue weighted by Crippen LogP contribution is 2.05. The van der Waals surface area contributed by atoms with E-state index in [2.05, 4.69) is 0 Å². The summed E-state index contributed by atoms with van der Waals surface area (Å²) in [7, 11) is 3.37. The highest BCUT2D eigenvalue weighted by molar-refractivity contribution is 4.98. The molecule has 8 heavy (non-hydrogen) atoms. The summed E-state index contributed by atoms with van der Waals surface area (Å²) in [6.07, 6.45) is 0. The SMILES string of the molecule is CC(C)=C(F)N(C)C. The van der Waals surface area contributed by atoms with Crippen LogP contribution in [0, 0.1) is 0 Å². The lowest BCUT2D eigenvalue weighted by Crippen LogP contribution is -2.07. The van der Waals surface area contributed by atoms with Crippen molar-refractivity contribution in [1.82, 2.24) is 4.90 Å². The molecule has 0 aromatic rings. The first kappa shape index (κ1) is 7.47. The summed E-state index contributed by atoms with van der Waals surface area (Å²) in [4.78, 5) is 1.45. The Bertz CT molecular complexity index is 101. The Morgan fingerprint density at radius 3 is 1.62 bits per heavy atom. The highest BCUT2D eigenvalue weighted by atomic mass is 19.1. The zero-order valence-corrected chi connectivity index (χ0v) is 5.83. The summed E-state index contributed by atoms with van der Waals surface area (Å²) in [6.45, 7) is 3.49. The molecule has 2 heteroatoms. The van der Waals surface area contributed by atoms with Gasteiger partial charge >= 0.3 is 0 Å². The third-order valence-corrected chi connectivity index (χ3v) is 0.805. The monoisotopic (exact) mass is 117 g/mol. The minimum Gasteiger partial charge on any atom is -0.355 e. The van der Waals surface area contributed by atoms with Crippen LogP contribution in [0.5, 0.6) is 0 Å². The Labute approximate surface area is 49.8 Å². The first-order valence-electron chi connectivity index (χ1n) is 2.56. The third-order valence-electron chi connectivity index (χ3n) is 0.805. The number of hydrogen-bond donors (Lipinski definition) is 0. The lowest BCUT2D eigenvalue weighted by Gasteiger charge is -2.09. The van der Waals surface area contributed by atoms with E-state index in [0.29, 0.717) is 0 Å². The molecule has 1 nitrogen and oxygen atoms in total. The Morgan fingerprint density at radius 2 is 1.62 bits per heavy atom. The highest BCUT2D eigenvalue weighted by Gasteiger charge is 1.96. The van der Waals surface area contributed by atoms with Crippen LogP contribution in [0.2, 0.25) is 0 Å². The summed E-state index contributed by atoms with van der Waals surface area (Å²) in [5.41, 5.74) is 0.718. The Kier molecular flexibility index (Phi) is 2.52. The van der Waals surface area contributed by atoms with Crippen LogP contribution in [0.25, 0.3) is 0 Å². The minimum atomic E-state index is -0.148. The van der Waals surface area contributed by atoms with Gasteiger partial charge in [-0.2, -0.15) is 4.39 Å². The molecule has 0 radical (unpaired) electrons. The van der Waals surface area contributed by atoms with E-state index in [1.54, 1.807) is 27.9 Å². The quantitative estimate of drug-likeness (QED) is 0.473. The van der Waals surface area contributed by atoms with Crippen molar-refractivity contribution in [2.75, 3.05) is 14.1 Å². The van der Waals surface area contributed by atoms with Gasteiger partial charge in [0.2, 0.25) is 0 Å². The van der Waals surface area contributed by atoms with E-state index in [1.165, 1.54) is 4.90 Å². The van der Waals surface area contributed by atoms with Crippen LogP contribution >= 0.6 is 0 Å². The Morgan fingerprint density at radius 1 is 1.25 bits per heavy atom. The van der Waals surface area contributed by atoms with Crippen molar-refractivity contribution in [3.05, 3.63) is 11.5 Å². The summed E-state index contributed by atoms with van der Waals surface area (Å²) < 4.78 is 12.5. The molecule has 0 spiro atoms. The molecule has 0 saturated heterocycles. The average molecular weight is 117 g/mol. The van der Waals surface area contributed by atoms with Gasteiger partial charge in [0.25, 0.3) is 0 Å². The second kappa shape index (κ2) is 2.70. The van der Waals surface area contributed by atoms with Gasteiger partial charge in [-0.1, -0.05) is 0 Å². The zero-order chi connectivity index (χ0) is 6.73. The maximum atomic E-state index is 12.5. The van der Waals surface area contributed by atoms with E-state index < -0.39 is 0 Å². The van der Waals surface area contributed by atoms with Crippen LogP contribution in [0.15, 0.2) is 11.5 Å². The molecule has 0 saturated carbocycles. The van der Waals surface area contributed by atoms with Crippen molar-refractivity contribution >= 4 is 0 Å². The molecule has 0 fully saturated rings.